The van der Waals surface area contributed by atoms with E-state index in [9.17, 15) is 4.79 Å². The quantitative estimate of drug-likeness (QED) is 0.827. The molecule has 2 heterocycles. The van der Waals surface area contributed by atoms with Gasteiger partial charge in [0.1, 0.15) is 11.5 Å². The number of amides is 2. The van der Waals surface area contributed by atoms with Crippen LogP contribution in [0.1, 0.15) is 25.5 Å². The highest BCUT2D eigenvalue weighted by Gasteiger charge is 2.23. The molecule has 1 saturated heterocycles. The van der Waals surface area contributed by atoms with Crippen molar-refractivity contribution in [3.63, 3.8) is 0 Å². The molecule has 2 amide bonds. The highest BCUT2D eigenvalue weighted by atomic mass is 16.5. The first-order valence-corrected chi connectivity index (χ1v) is 8.67. The number of benzene rings is 1. The smallest absolute Gasteiger partial charge is 0.322 e. The fourth-order valence-corrected chi connectivity index (χ4v) is 2.85. The average Bonchev–Trinajstić information content (AvgIpc) is 3.30. The van der Waals surface area contributed by atoms with E-state index in [0.717, 1.165) is 36.6 Å². The molecular weight excluding hydrogens is 320 g/mol. The Morgan fingerprint density at radius 3 is 2.80 bits per heavy atom. The molecule has 0 bridgehead atoms. The summed E-state index contributed by atoms with van der Waals surface area (Å²) in [6.07, 6.45) is 3.72. The molecule has 6 heteroatoms. The van der Waals surface area contributed by atoms with Gasteiger partial charge in [-0.1, -0.05) is 0 Å². The van der Waals surface area contributed by atoms with Crippen LogP contribution in [-0.4, -0.2) is 36.8 Å². The van der Waals surface area contributed by atoms with Crippen molar-refractivity contribution in [2.75, 3.05) is 25.1 Å². The van der Waals surface area contributed by atoms with Crippen LogP contribution in [0.5, 0.6) is 5.75 Å². The van der Waals surface area contributed by atoms with Crippen LogP contribution in [-0.2, 0) is 11.3 Å². The maximum absolute atomic E-state index is 12.7. The fourth-order valence-electron chi connectivity index (χ4n) is 2.85. The van der Waals surface area contributed by atoms with Gasteiger partial charge in [-0.15, -0.1) is 0 Å². The van der Waals surface area contributed by atoms with Crippen molar-refractivity contribution in [1.82, 2.24) is 4.90 Å². The van der Waals surface area contributed by atoms with Gasteiger partial charge in [0.05, 0.1) is 25.5 Å². The second-order valence-corrected chi connectivity index (χ2v) is 5.98. The molecule has 1 aromatic heterocycles. The number of hydrogen-bond donors (Lipinski definition) is 1. The van der Waals surface area contributed by atoms with E-state index >= 15 is 0 Å². The minimum absolute atomic E-state index is 0.0843. The predicted molar refractivity (Wildman–Crippen MR) is 94.7 cm³/mol. The van der Waals surface area contributed by atoms with Crippen LogP contribution >= 0.6 is 0 Å². The van der Waals surface area contributed by atoms with E-state index in [1.807, 2.05) is 43.3 Å². The number of ether oxygens (including phenoxy) is 2. The van der Waals surface area contributed by atoms with Gasteiger partial charge in [-0.3, -0.25) is 0 Å². The number of furan rings is 1. The second kappa shape index (κ2) is 8.58. The highest BCUT2D eigenvalue weighted by Crippen LogP contribution is 2.19. The molecule has 1 atom stereocenters. The summed E-state index contributed by atoms with van der Waals surface area (Å²) in [5.41, 5.74) is 0.727. The third-order valence-electron chi connectivity index (χ3n) is 4.08. The molecule has 3 rings (SSSR count). The van der Waals surface area contributed by atoms with Crippen LogP contribution in [0.25, 0.3) is 0 Å². The number of nitrogens with zero attached hydrogens (tertiary/aromatic N) is 1. The molecule has 1 aliphatic rings. The molecule has 0 spiro atoms. The maximum Gasteiger partial charge on any atom is 0.322 e. The molecule has 1 aliphatic heterocycles. The van der Waals surface area contributed by atoms with Gasteiger partial charge in [-0.2, -0.15) is 0 Å². The number of nitrogens with one attached hydrogen (secondary N) is 1. The third kappa shape index (κ3) is 5.00. The Bertz CT molecular complexity index is 649. The van der Waals surface area contributed by atoms with E-state index < -0.39 is 0 Å². The summed E-state index contributed by atoms with van der Waals surface area (Å²) in [4.78, 5) is 14.5. The SMILES string of the molecule is CCOc1ccc(NC(=O)N(Cc2ccco2)CC2CCCO2)cc1. The van der Waals surface area contributed by atoms with Gasteiger partial charge in [-0.25, -0.2) is 4.79 Å². The van der Waals surface area contributed by atoms with Crippen molar-refractivity contribution in [2.45, 2.75) is 32.4 Å². The summed E-state index contributed by atoms with van der Waals surface area (Å²) in [6, 6.07) is 10.9. The predicted octanol–water partition coefficient (Wildman–Crippen LogP) is 3.89. The topological polar surface area (TPSA) is 63.9 Å². The summed E-state index contributed by atoms with van der Waals surface area (Å²) in [6.45, 7) is 4.27. The van der Waals surface area contributed by atoms with Crippen LogP contribution in [0.15, 0.2) is 47.1 Å². The Morgan fingerprint density at radius 2 is 2.16 bits per heavy atom. The lowest BCUT2D eigenvalue weighted by Gasteiger charge is -2.25. The zero-order valence-electron chi connectivity index (χ0n) is 14.4. The lowest BCUT2D eigenvalue weighted by atomic mass is 10.2. The van der Waals surface area contributed by atoms with Gasteiger partial charge in [0.2, 0.25) is 0 Å². The van der Waals surface area contributed by atoms with Gasteiger partial charge in [0.25, 0.3) is 0 Å². The van der Waals surface area contributed by atoms with E-state index in [1.54, 1.807) is 11.2 Å². The molecule has 1 fully saturated rings. The van der Waals surface area contributed by atoms with Crippen LogP contribution in [0.3, 0.4) is 0 Å². The van der Waals surface area contributed by atoms with Crippen molar-refractivity contribution < 1.29 is 18.7 Å². The summed E-state index contributed by atoms with van der Waals surface area (Å²) >= 11 is 0. The number of carbonyl (C=O) groups is 1. The number of rotatable bonds is 7. The molecular formula is C19H24N2O4. The van der Waals surface area contributed by atoms with Crippen molar-refractivity contribution in [2.24, 2.45) is 0 Å². The van der Waals surface area contributed by atoms with Crippen molar-refractivity contribution in [1.29, 1.82) is 0 Å². The van der Waals surface area contributed by atoms with Crippen molar-refractivity contribution in [3.8, 4) is 5.75 Å². The highest BCUT2D eigenvalue weighted by molar-refractivity contribution is 5.89. The van der Waals surface area contributed by atoms with E-state index in [-0.39, 0.29) is 12.1 Å². The van der Waals surface area contributed by atoms with Gasteiger partial charge in [0, 0.05) is 18.8 Å². The Hall–Kier alpha value is -2.47. The molecule has 2 aromatic rings. The third-order valence-corrected chi connectivity index (χ3v) is 4.08. The molecule has 6 nitrogen and oxygen atoms in total. The average molecular weight is 344 g/mol. The van der Waals surface area contributed by atoms with Gasteiger partial charge < -0.3 is 24.1 Å². The number of hydrogen-bond acceptors (Lipinski definition) is 4. The maximum atomic E-state index is 12.7. The number of carbonyl (C=O) groups excluding carboxylic acids is 1. The Kier molecular flexibility index (Phi) is 5.95. The first-order valence-electron chi connectivity index (χ1n) is 8.67. The molecule has 0 aliphatic carbocycles. The minimum atomic E-state index is -0.170. The zero-order valence-corrected chi connectivity index (χ0v) is 14.4. The second-order valence-electron chi connectivity index (χ2n) is 5.98. The van der Waals surface area contributed by atoms with Crippen LogP contribution < -0.4 is 10.1 Å². The minimum Gasteiger partial charge on any atom is -0.494 e. The lowest BCUT2D eigenvalue weighted by Crippen LogP contribution is -2.39. The molecule has 25 heavy (non-hydrogen) atoms. The summed E-state index contributed by atoms with van der Waals surface area (Å²) in [5.74, 6) is 1.53. The van der Waals surface area contributed by atoms with Crippen molar-refractivity contribution >= 4 is 11.7 Å². The zero-order chi connectivity index (χ0) is 17.5. The Labute approximate surface area is 147 Å². The van der Waals surface area contributed by atoms with Crippen LogP contribution in [0.2, 0.25) is 0 Å². The first-order chi connectivity index (χ1) is 12.2. The number of urea groups is 1. The fraction of sp³-hybridized carbons (Fsp3) is 0.421. The summed E-state index contributed by atoms with van der Waals surface area (Å²) in [7, 11) is 0. The lowest BCUT2D eigenvalue weighted by molar-refractivity contribution is 0.0803. The van der Waals surface area contributed by atoms with Gasteiger partial charge in [-0.05, 0) is 56.2 Å². The van der Waals surface area contributed by atoms with Crippen LogP contribution in [0.4, 0.5) is 10.5 Å². The standard InChI is InChI=1S/C19H24N2O4/c1-2-23-16-9-7-15(8-10-16)20-19(22)21(13-17-5-3-11-24-17)14-18-6-4-12-25-18/h3,5,7-11,18H,2,4,6,12-14H2,1H3,(H,20,22). The molecule has 1 unspecified atom stereocenters. The largest absolute Gasteiger partial charge is 0.494 e. The van der Waals surface area contributed by atoms with Gasteiger partial charge in [0.15, 0.2) is 0 Å². The Balaban J connectivity index is 1.64. The molecule has 134 valence electrons. The first kappa shape index (κ1) is 17.4. The number of anilines is 1. The summed E-state index contributed by atoms with van der Waals surface area (Å²) in [5, 5.41) is 2.93. The van der Waals surface area contributed by atoms with Crippen LogP contribution in [0, 0.1) is 0 Å². The normalized spacial score (nSPS) is 16.6. The molecule has 1 N–H and O–H groups in total. The van der Waals surface area contributed by atoms with E-state index in [2.05, 4.69) is 5.32 Å². The van der Waals surface area contributed by atoms with E-state index in [1.165, 1.54) is 0 Å². The van der Waals surface area contributed by atoms with Crippen molar-refractivity contribution in [3.05, 3.63) is 48.4 Å². The van der Waals surface area contributed by atoms with E-state index in [0.29, 0.717) is 19.7 Å². The molecule has 1 aromatic carbocycles. The summed E-state index contributed by atoms with van der Waals surface area (Å²) < 4.78 is 16.5. The van der Waals surface area contributed by atoms with Gasteiger partial charge >= 0.3 is 6.03 Å². The Morgan fingerprint density at radius 1 is 1.32 bits per heavy atom. The monoisotopic (exact) mass is 344 g/mol. The molecule has 0 radical (unpaired) electrons. The molecule has 0 saturated carbocycles. The van der Waals surface area contributed by atoms with E-state index in [4.69, 9.17) is 13.9 Å².